The van der Waals surface area contributed by atoms with Crippen LogP contribution in [0.2, 0.25) is 0 Å². The fourth-order valence-corrected chi connectivity index (χ4v) is 6.38. The normalized spacial score (nSPS) is 15.4. The van der Waals surface area contributed by atoms with Crippen LogP contribution < -0.4 is 5.56 Å². The molecule has 12 heteroatoms. The molecule has 0 spiro atoms. The molecule has 172 valence electrons. The zero-order valence-corrected chi connectivity index (χ0v) is 19.0. The van der Waals surface area contributed by atoms with E-state index in [0.29, 0.717) is 40.7 Å². The smallest absolute Gasteiger partial charge is 0.308 e. The summed E-state index contributed by atoms with van der Waals surface area (Å²) in [6.45, 7) is 1.22. The van der Waals surface area contributed by atoms with Crippen LogP contribution >= 0.6 is 11.3 Å². The molecule has 0 fully saturated rings. The number of nitrogens with zero attached hydrogens (tertiary/aromatic N) is 4. The number of halogens is 3. The first kappa shape index (κ1) is 22.9. The number of rotatable bonds is 5. The van der Waals surface area contributed by atoms with Gasteiger partial charge in [0.05, 0.1) is 22.2 Å². The van der Waals surface area contributed by atoms with Crippen LogP contribution in [-0.2, 0) is 35.7 Å². The number of fused-ring (bicyclic) bond motifs is 3. The second kappa shape index (κ2) is 8.25. The van der Waals surface area contributed by atoms with E-state index in [4.69, 9.17) is 0 Å². The zero-order chi connectivity index (χ0) is 23.3. The third kappa shape index (κ3) is 4.19. The standard InChI is InChI=1S/C20H21F3N4O3S2/c1-25(2)8-9-26-12-24-18-17(19(26)28)15-6-7-27(11-16(15)31-18)32(29,30)14-5-3-4-13(10-14)20(21,22)23/h3-5,10,12H,6-9,11H2,1-2H3. The van der Waals surface area contributed by atoms with Gasteiger partial charge < -0.3 is 4.90 Å². The molecule has 0 saturated carbocycles. The molecule has 2 aromatic heterocycles. The third-order valence-electron chi connectivity index (χ3n) is 5.38. The number of hydrogen-bond acceptors (Lipinski definition) is 6. The lowest BCUT2D eigenvalue weighted by atomic mass is 10.1. The maximum absolute atomic E-state index is 13.0. The van der Waals surface area contributed by atoms with Crippen molar-refractivity contribution in [3.63, 3.8) is 0 Å². The predicted octanol–water partition coefficient (Wildman–Crippen LogP) is 2.79. The number of likely N-dealkylation sites (N-methyl/N-ethyl adjacent to an activating group) is 1. The van der Waals surface area contributed by atoms with E-state index in [-0.39, 0.29) is 18.6 Å². The van der Waals surface area contributed by atoms with E-state index in [1.54, 1.807) is 4.57 Å². The van der Waals surface area contributed by atoms with Crippen molar-refractivity contribution in [2.75, 3.05) is 27.2 Å². The maximum atomic E-state index is 13.0. The van der Waals surface area contributed by atoms with Gasteiger partial charge in [-0.05, 0) is 44.3 Å². The highest BCUT2D eigenvalue weighted by Crippen LogP contribution is 2.35. The molecule has 3 aromatic rings. The zero-order valence-electron chi connectivity index (χ0n) is 17.4. The predicted molar refractivity (Wildman–Crippen MR) is 115 cm³/mol. The van der Waals surface area contributed by atoms with Gasteiger partial charge in [0.2, 0.25) is 10.0 Å². The van der Waals surface area contributed by atoms with Crippen LogP contribution in [0, 0.1) is 0 Å². The number of thiophene rings is 1. The van der Waals surface area contributed by atoms with Crippen molar-refractivity contribution in [2.24, 2.45) is 0 Å². The van der Waals surface area contributed by atoms with Crippen molar-refractivity contribution in [3.05, 3.63) is 57.0 Å². The molecular formula is C20H21F3N4O3S2. The van der Waals surface area contributed by atoms with Gasteiger partial charge in [-0.25, -0.2) is 13.4 Å². The highest BCUT2D eigenvalue weighted by Gasteiger charge is 2.35. The van der Waals surface area contributed by atoms with E-state index in [0.717, 1.165) is 28.1 Å². The molecule has 0 amide bonds. The Balaban J connectivity index is 1.67. The highest BCUT2D eigenvalue weighted by molar-refractivity contribution is 7.89. The molecule has 32 heavy (non-hydrogen) atoms. The van der Waals surface area contributed by atoms with Crippen molar-refractivity contribution in [1.82, 2.24) is 18.8 Å². The average molecular weight is 487 g/mol. The molecule has 4 rings (SSSR count). The van der Waals surface area contributed by atoms with Gasteiger partial charge in [-0.3, -0.25) is 9.36 Å². The summed E-state index contributed by atoms with van der Waals surface area (Å²) >= 11 is 1.25. The van der Waals surface area contributed by atoms with Gasteiger partial charge in [-0.15, -0.1) is 11.3 Å². The number of sulfonamides is 1. The Morgan fingerprint density at radius 2 is 2.00 bits per heavy atom. The van der Waals surface area contributed by atoms with Crippen LogP contribution in [0.3, 0.4) is 0 Å². The second-order valence-electron chi connectivity index (χ2n) is 7.84. The van der Waals surface area contributed by atoms with Gasteiger partial charge in [0.1, 0.15) is 4.83 Å². The molecular weight excluding hydrogens is 465 g/mol. The van der Waals surface area contributed by atoms with Crippen molar-refractivity contribution in [1.29, 1.82) is 0 Å². The molecule has 0 saturated heterocycles. The number of hydrogen-bond donors (Lipinski definition) is 0. The van der Waals surface area contributed by atoms with Crippen molar-refractivity contribution in [2.45, 2.75) is 30.6 Å². The first-order valence-corrected chi connectivity index (χ1v) is 12.1. The summed E-state index contributed by atoms with van der Waals surface area (Å²) in [5, 5.41) is 0.502. The minimum atomic E-state index is -4.63. The first-order chi connectivity index (χ1) is 15.0. The first-order valence-electron chi connectivity index (χ1n) is 9.80. The molecule has 0 unspecified atom stereocenters. The van der Waals surface area contributed by atoms with Gasteiger partial charge in [-0.2, -0.15) is 17.5 Å². The molecule has 1 aromatic carbocycles. The maximum Gasteiger partial charge on any atom is 0.416 e. The van der Waals surface area contributed by atoms with Crippen molar-refractivity contribution < 1.29 is 21.6 Å². The highest BCUT2D eigenvalue weighted by atomic mass is 32.2. The summed E-state index contributed by atoms with van der Waals surface area (Å²) < 4.78 is 67.9. The third-order valence-corrected chi connectivity index (χ3v) is 8.35. The molecule has 3 heterocycles. The van der Waals surface area contributed by atoms with Crippen molar-refractivity contribution in [3.8, 4) is 0 Å². The lowest BCUT2D eigenvalue weighted by Gasteiger charge is -2.26. The lowest BCUT2D eigenvalue weighted by molar-refractivity contribution is -0.137. The lowest BCUT2D eigenvalue weighted by Crippen LogP contribution is -2.36. The molecule has 1 aliphatic rings. The summed E-state index contributed by atoms with van der Waals surface area (Å²) in [6.07, 6.45) is -2.85. The Morgan fingerprint density at radius 1 is 1.25 bits per heavy atom. The van der Waals surface area contributed by atoms with Gasteiger partial charge in [0.15, 0.2) is 0 Å². The largest absolute Gasteiger partial charge is 0.416 e. The van der Waals surface area contributed by atoms with Crippen LogP contribution in [0.5, 0.6) is 0 Å². The summed E-state index contributed by atoms with van der Waals surface area (Å²) in [4.78, 5) is 20.1. The summed E-state index contributed by atoms with van der Waals surface area (Å²) in [7, 11) is -0.319. The van der Waals surface area contributed by atoms with Crippen molar-refractivity contribution >= 4 is 31.6 Å². The van der Waals surface area contributed by atoms with Crippen LogP contribution in [0.15, 0.2) is 40.3 Å². The minimum absolute atomic E-state index is 0.00786. The second-order valence-corrected chi connectivity index (χ2v) is 10.9. The van der Waals surface area contributed by atoms with Crippen LogP contribution in [-0.4, -0.2) is 54.4 Å². The fraction of sp³-hybridized carbons (Fsp3) is 0.400. The van der Waals surface area contributed by atoms with Gasteiger partial charge in [0, 0.05) is 31.1 Å². The number of benzene rings is 1. The van der Waals surface area contributed by atoms with Crippen LogP contribution in [0.25, 0.3) is 10.2 Å². The van der Waals surface area contributed by atoms with Crippen LogP contribution in [0.4, 0.5) is 13.2 Å². The molecule has 1 aliphatic heterocycles. The van der Waals surface area contributed by atoms with E-state index in [1.165, 1.54) is 17.7 Å². The van der Waals surface area contributed by atoms with Crippen LogP contribution in [0.1, 0.15) is 16.0 Å². The van der Waals surface area contributed by atoms with Gasteiger partial charge in [-0.1, -0.05) is 6.07 Å². The molecule has 7 nitrogen and oxygen atoms in total. The van der Waals surface area contributed by atoms with E-state index in [2.05, 4.69) is 4.98 Å². The summed E-state index contributed by atoms with van der Waals surface area (Å²) in [5.74, 6) is 0. The average Bonchev–Trinajstić information content (AvgIpc) is 3.11. The molecule has 0 atom stereocenters. The minimum Gasteiger partial charge on any atom is -0.308 e. The number of aromatic nitrogens is 2. The van der Waals surface area contributed by atoms with E-state index in [9.17, 15) is 26.4 Å². The summed E-state index contributed by atoms with van der Waals surface area (Å²) in [6, 6.07) is 3.74. The Labute approximate surface area is 186 Å². The molecule has 0 bridgehead atoms. The Bertz CT molecular complexity index is 1330. The Morgan fingerprint density at radius 3 is 2.69 bits per heavy atom. The monoisotopic (exact) mass is 486 g/mol. The van der Waals surface area contributed by atoms with Gasteiger partial charge >= 0.3 is 6.18 Å². The molecule has 0 radical (unpaired) electrons. The molecule has 0 aliphatic carbocycles. The van der Waals surface area contributed by atoms with Gasteiger partial charge in [0.25, 0.3) is 5.56 Å². The van der Waals surface area contributed by atoms with E-state index >= 15 is 0 Å². The van der Waals surface area contributed by atoms with E-state index < -0.39 is 26.7 Å². The van der Waals surface area contributed by atoms with E-state index in [1.807, 2.05) is 19.0 Å². The SMILES string of the molecule is CN(C)CCn1cnc2sc3c(c2c1=O)CCN(S(=O)(=O)c1cccc(C(F)(F)F)c1)C3. The molecule has 0 N–H and O–H groups in total. The Kier molecular flexibility index (Phi) is 5.90. The summed E-state index contributed by atoms with van der Waals surface area (Å²) in [5.41, 5.74) is -0.402. The number of alkyl halides is 3. The topological polar surface area (TPSA) is 75.5 Å². The fourth-order valence-electron chi connectivity index (χ4n) is 3.65. The quantitative estimate of drug-likeness (QED) is 0.555. The Hall–Kier alpha value is -2.28.